The quantitative estimate of drug-likeness (QED) is 0.587. The number of hydrogen-bond acceptors (Lipinski definition) is 4. The molecule has 1 rings (SSSR count). The van der Waals surface area contributed by atoms with Crippen molar-refractivity contribution in [3.8, 4) is 0 Å². The van der Waals surface area contributed by atoms with Crippen molar-refractivity contribution < 1.29 is 10.0 Å². The molecule has 1 aromatic carbocycles. The molecule has 0 bridgehead atoms. The Bertz CT molecular complexity index is 435. The molecule has 2 unspecified atom stereocenters. The van der Waals surface area contributed by atoms with Gasteiger partial charge >= 0.3 is 0 Å². The summed E-state index contributed by atoms with van der Waals surface area (Å²) >= 11 is 0. The maximum Gasteiger partial charge on any atom is 0.272 e. The molecule has 0 aliphatic rings. The number of benzene rings is 1. The summed E-state index contributed by atoms with van der Waals surface area (Å²) in [4.78, 5) is 10.6. The summed E-state index contributed by atoms with van der Waals surface area (Å²) < 4.78 is 0. The molecule has 0 amide bonds. The van der Waals surface area contributed by atoms with Gasteiger partial charge in [-0.3, -0.25) is 10.1 Å². The highest BCUT2D eigenvalue weighted by Gasteiger charge is 2.14. The summed E-state index contributed by atoms with van der Waals surface area (Å²) in [5.74, 6) is 0.382. The third-order valence-electron chi connectivity index (χ3n) is 3.32. The first-order valence-corrected chi connectivity index (χ1v) is 6.55. The van der Waals surface area contributed by atoms with E-state index in [9.17, 15) is 10.1 Å². The van der Waals surface area contributed by atoms with Crippen molar-refractivity contribution >= 4 is 5.69 Å². The molecular formula is C14H22N2O3. The summed E-state index contributed by atoms with van der Waals surface area (Å²) in [6.45, 7) is 6.76. The van der Waals surface area contributed by atoms with E-state index in [1.807, 2.05) is 13.0 Å². The molecule has 0 aliphatic heterocycles. The molecule has 19 heavy (non-hydrogen) atoms. The molecular weight excluding hydrogens is 244 g/mol. The molecule has 0 saturated carbocycles. The van der Waals surface area contributed by atoms with Gasteiger partial charge in [-0.05, 0) is 38.3 Å². The van der Waals surface area contributed by atoms with Crippen molar-refractivity contribution in [2.45, 2.75) is 33.2 Å². The summed E-state index contributed by atoms with van der Waals surface area (Å²) in [7, 11) is 0. The third-order valence-corrected chi connectivity index (χ3v) is 3.32. The first-order valence-electron chi connectivity index (χ1n) is 6.55. The number of aliphatic hydroxyl groups is 1. The van der Waals surface area contributed by atoms with Crippen molar-refractivity contribution in [2.75, 3.05) is 13.2 Å². The van der Waals surface area contributed by atoms with Gasteiger partial charge in [0.2, 0.25) is 0 Å². The lowest BCUT2D eigenvalue weighted by Crippen LogP contribution is -2.25. The normalized spacial score (nSPS) is 14.1. The lowest BCUT2D eigenvalue weighted by atomic mass is 10.0. The molecule has 0 aliphatic carbocycles. The fraction of sp³-hybridized carbons (Fsp3) is 0.571. The minimum atomic E-state index is -0.347. The second-order valence-corrected chi connectivity index (χ2v) is 5.05. The number of nitrogens with zero attached hydrogens (tertiary/aromatic N) is 1. The first kappa shape index (κ1) is 15.6. The molecule has 0 aromatic heterocycles. The number of nitro benzene ring substituents is 1. The molecule has 0 spiro atoms. The van der Waals surface area contributed by atoms with Crippen LogP contribution in [0.3, 0.4) is 0 Å². The van der Waals surface area contributed by atoms with Gasteiger partial charge in [0.25, 0.3) is 5.69 Å². The highest BCUT2D eigenvalue weighted by Crippen LogP contribution is 2.23. The van der Waals surface area contributed by atoms with E-state index in [-0.39, 0.29) is 23.3 Å². The lowest BCUT2D eigenvalue weighted by Gasteiger charge is -2.17. The van der Waals surface area contributed by atoms with Gasteiger partial charge in [0.05, 0.1) is 4.92 Å². The smallest absolute Gasteiger partial charge is 0.272 e. The van der Waals surface area contributed by atoms with Crippen LogP contribution in [-0.2, 0) is 0 Å². The van der Waals surface area contributed by atoms with Crippen LogP contribution in [0.1, 0.15) is 37.4 Å². The summed E-state index contributed by atoms with van der Waals surface area (Å²) in [6.07, 6.45) is 0.758. The number of hydrogen-bond donors (Lipinski definition) is 2. The summed E-state index contributed by atoms with van der Waals surface area (Å²) in [6, 6.07) is 5.38. The predicted octanol–water partition coefficient (Wildman–Crippen LogP) is 2.57. The fourth-order valence-corrected chi connectivity index (χ4v) is 1.91. The van der Waals surface area contributed by atoms with E-state index < -0.39 is 0 Å². The van der Waals surface area contributed by atoms with Crippen LogP contribution < -0.4 is 5.32 Å². The van der Waals surface area contributed by atoms with Crippen LogP contribution in [-0.4, -0.2) is 23.2 Å². The number of aliphatic hydroxyl groups excluding tert-OH is 1. The second kappa shape index (κ2) is 7.21. The van der Waals surface area contributed by atoms with E-state index in [1.54, 1.807) is 19.1 Å². The molecule has 0 fully saturated rings. The number of nitrogens with one attached hydrogen (secondary N) is 1. The molecule has 1 aromatic rings. The van der Waals surface area contributed by atoms with Gasteiger partial charge in [0.15, 0.2) is 0 Å². The first-order chi connectivity index (χ1) is 8.95. The molecule has 0 radical (unpaired) electrons. The number of nitro groups is 1. The van der Waals surface area contributed by atoms with Gasteiger partial charge in [-0.15, -0.1) is 0 Å². The van der Waals surface area contributed by atoms with Crippen LogP contribution in [0.15, 0.2) is 18.2 Å². The van der Waals surface area contributed by atoms with Crippen LogP contribution in [0, 0.1) is 23.0 Å². The van der Waals surface area contributed by atoms with Crippen molar-refractivity contribution in [3.63, 3.8) is 0 Å². The minimum Gasteiger partial charge on any atom is -0.396 e. The summed E-state index contributed by atoms with van der Waals surface area (Å²) in [5.41, 5.74) is 1.75. The minimum absolute atomic E-state index is 0.0560. The summed E-state index contributed by atoms with van der Waals surface area (Å²) in [5, 5.41) is 23.1. The van der Waals surface area contributed by atoms with Crippen LogP contribution in [0.2, 0.25) is 0 Å². The van der Waals surface area contributed by atoms with Crippen molar-refractivity contribution in [2.24, 2.45) is 5.92 Å². The van der Waals surface area contributed by atoms with Gasteiger partial charge < -0.3 is 10.4 Å². The molecule has 5 heteroatoms. The zero-order valence-electron chi connectivity index (χ0n) is 11.7. The Labute approximate surface area is 113 Å². The van der Waals surface area contributed by atoms with E-state index in [1.165, 1.54) is 0 Å². The van der Waals surface area contributed by atoms with Crippen molar-refractivity contribution in [1.29, 1.82) is 0 Å². The zero-order chi connectivity index (χ0) is 14.4. The van der Waals surface area contributed by atoms with Gasteiger partial charge in [0, 0.05) is 24.3 Å². The second-order valence-electron chi connectivity index (χ2n) is 5.05. The fourth-order valence-electron chi connectivity index (χ4n) is 1.91. The highest BCUT2D eigenvalue weighted by atomic mass is 16.6. The van der Waals surface area contributed by atoms with Crippen LogP contribution in [0.4, 0.5) is 5.69 Å². The van der Waals surface area contributed by atoms with Gasteiger partial charge in [-0.25, -0.2) is 0 Å². The standard InChI is InChI=1S/C14H22N2O3/c1-10(6-7-17)9-15-12(3)13-5-4-11(2)14(8-13)16(18)19/h4-5,8,10,12,15,17H,6-7,9H2,1-3H3. The Morgan fingerprint density at radius 2 is 2.11 bits per heavy atom. The van der Waals surface area contributed by atoms with Crippen molar-refractivity contribution in [3.05, 3.63) is 39.4 Å². The maximum atomic E-state index is 10.9. The van der Waals surface area contributed by atoms with Crippen LogP contribution in [0.25, 0.3) is 0 Å². The average molecular weight is 266 g/mol. The van der Waals surface area contributed by atoms with E-state index in [0.29, 0.717) is 11.5 Å². The molecule has 106 valence electrons. The van der Waals surface area contributed by atoms with E-state index in [4.69, 9.17) is 5.11 Å². The monoisotopic (exact) mass is 266 g/mol. The lowest BCUT2D eigenvalue weighted by molar-refractivity contribution is -0.385. The maximum absolute atomic E-state index is 10.9. The molecule has 0 heterocycles. The topological polar surface area (TPSA) is 75.4 Å². The van der Waals surface area contributed by atoms with E-state index >= 15 is 0 Å². The predicted molar refractivity (Wildman–Crippen MR) is 75.1 cm³/mol. The molecule has 5 nitrogen and oxygen atoms in total. The van der Waals surface area contributed by atoms with Gasteiger partial charge in [-0.1, -0.05) is 19.1 Å². The van der Waals surface area contributed by atoms with E-state index in [0.717, 1.165) is 18.5 Å². The van der Waals surface area contributed by atoms with Crippen LogP contribution >= 0.6 is 0 Å². The molecule has 0 saturated heterocycles. The average Bonchev–Trinajstić information content (AvgIpc) is 2.36. The molecule has 2 N–H and O–H groups in total. The highest BCUT2D eigenvalue weighted by molar-refractivity contribution is 5.43. The zero-order valence-corrected chi connectivity index (χ0v) is 11.7. The number of aryl methyl sites for hydroxylation is 1. The molecule has 2 atom stereocenters. The third kappa shape index (κ3) is 4.61. The van der Waals surface area contributed by atoms with Gasteiger partial charge in [-0.2, -0.15) is 0 Å². The Kier molecular flexibility index (Phi) is 5.92. The largest absolute Gasteiger partial charge is 0.396 e. The van der Waals surface area contributed by atoms with Gasteiger partial charge in [0.1, 0.15) is 0 Å². The Hall–Kier alpha value is -1.46. The Morgan fingerprint density at radius 1 is 1.42 bits per heavy atom. The SMILES string of the molecule is Cc1ccc(C(C)NCC(C)CCO)cc1[N+](=O)[O-]. The number of rotatable bonds is 7. The Balaban J connectivity index is 2.69. The van der Waals surface area contributed by atoms with E-state index in [2.05, 4.69) is 12.2 Å². The Morgan fingerprint density at radius 3 is 2.68 bits per heavy atom. The van der Waals surface area contributed by atoms with Crippen LogP contribution in [0.5, 0.6) is 0 Å². The van der Waals surface area contributed by atoms with Crippen molar-refractivity contribution in [1.82, 2.24) is 5.32 Å².